The fourth-order valence-corrected chi connectivity index (χ4v) is 4.72. The van der Waals surface area contributed by atoms with E-state index in [0.717, 1.165) is 33.0 Å². The van der Waals surface area contributed by atoms with Gasteiger partial charge in [0.05, 0.1) is 25.0 Å². The highest BCUT2D eigenvalue weighted by Crippen LogP contribution is 2.34. The first-order chi connectivity index (χ1) is 14.1. The summed E-state index contributed by atoms with van der Waals surface area (Å²) in [6.07, 6.45) is 3.26. The summed E-state index contributed by atoms with van der Waals surface area (Å²) in [7, 11) is 0. The minimum atomic E-state index is -0.0956. The van der Waals surface area contributed by atoms with Crippen molar-refractivity contribution in [3.8, 4) is 11.5 Å². The summed E-state index contributed by atoms with van der Waals surface area (Å²) in [6, 6.07) is 6.38. The van der Waals surface area contributed by atoms with Crippen molar-refractivity contribution in [1.82, 2.24) is 15.5 Å². The summed E-state index contributed by atoms with van der Waals surface area (Å²) < 4.78 is 12.3. The molecule has 1 aliphatic carbocycles. The second-order valence-electron chi connectivity index (χ2n) is 7.63. The van der Waals surface area contributed by atoms with Crippen LogP contribution >= 0.6 is 23.1 Å². The highest BCUT2D eigenvalue weighted by molar-refractivity contribution is 8.01. The molecule has 0 saturated heterocycles. The standard InChI is InChI=1S/C20H26N4O3S2/c1-12(2)18(13-4-7-15-16(10-13)27-9-3-8-26-15)22-17(25)11-28-20-24-23-19(29-20)21-14-5-6-14/h4,7,10,12,14,18H,3,5-6,8-9,11H2,1-2H3,(H,21,23)(H,22,25)/t18-/m0/s1. The van der Waals surface area contributed by atoms with E-state index in [9.17, 15) is 4.79 Å². The Bertz CT molecular complexity index is 854. The van der Waals surface area contributed by atoms with Gasteiger partial charge in [0.2, 0.25) is 11.0 Å². The molecule has 1 fully saturated rings. The number of thioether (sulfide) groups is 1. The summed E-state index contributed by atoms with van der Waals surface area (Å²) in [5.74, 6) is 2.05. The van der Waals surface area contributed by atoms with Gasteiger partial charge in [-0.25, -0.2) is 0 Å². The highest BCUT2D eigenvalue weighted by Gasteiger charge is 2.23. The molecule has 0 spiro atoms. The van der Waals surface area contributed by atoms with Gasteiger partial charge < -0.3 is 20.1 Å². The van der Waals surface area contributed by atoms with E-state index >= 15 is 0 Å². The van der Waals surface area contributed by atoms with Crippen LogP contribution in [-0.4, -0.2) is 41.1 Å². The maximum atomic E-state index is 12.6. The molecule has 1 atom stereocenters. The van der Waals surface area contributed by atoms with Crippen LogP contribution < -0.4 is 20.1 Å². The molecule has 29 heavy (non-hydrogen) atoms. The Hall–Kier alpha value is -2.00. The maximum Gasteiger partial charge on any atom is 0.230 e. The lowest BCUT2D eigenvalue weighted by atomic mass is 9.95. The van der Waals surface area contributed by atoms with Crippen molar-refractivity contribution in [3.63, 3.8) is 0 Å². The van der Waals surface area contributed by atoms with Gasteiger partial charge in [-0.05, 0) is 36.5 Å². The first kappa shape index (κ1) is 20.3. The molecule has 1 aromatic carbocycles. The predicted molar refractivity (Wildman–Crippen MR) is 115 cm³/mol. The number of hydrogen-bond acceptors (Lipinski definition) is 8. The third-order valence-electron chi connectivity index (χ3n) is 4.75. The molecule has 1 aliphatic heterocycles. The van der Waals surface area contributed by atoms with Gasteiger partial charge in [-0.2, -0.15) is 0 Å². The van der Waals surface area contributed by atoms with E-state index in [1.807, 2.05) is 18.2 Å². The van der Waals surface area contributed by atoms with Crippen LogP contribution in [0.4, 0.5) is 5.13 Å². The van der Waals surface area contributed by atoms with Crippen LogP contribution in [0, 0.1) is 5.92 Å². The predicted octanol–water partition coefficient (Wildman–Crippen LogP) is 3.88. The van der Waals surface area contributed by atoms with Gasteiger partial charge in [-0.3, -0.25) is 4.79 Å². The number of amides is 1. The molecule has 0 unspecified atom stereocenters. The van der Waals surface area contributed by atoms with E-state index in [0.29, 0.717) is 25.0 Å². The van der Waals surface area contributed by atoms with Gasteiger partial charge in [0, 0.05) is 12.5 Å². The number of ether oxygens (including phenoxy) is 2. The van der Waals surface area contributed by atoms with Gasteiger partial charge in [-0.15, -0.1) is 10.2 Å². The molecule has 1 saturated carbocycles. The van der Waals surface area contributed by atoms with E-state index < -0.39 is 0 Å². The van der Waals surface area contributed by atoms with Gasteiger partial charge in [0.1, 0.15) is 0 Å². The Balaban J connectivity index is 1.35. The molecule has 2 aliphatic rings. The number of nitrogens with one attached hydrogen (secondary N) is 2. The molecular formula is C20H26N4O3S2. The Morgan fingerprint density at radius 3 is 2.79 bits per heavy atom. The van der Waals surface area contributed by atoms with Gasteiger partial charge in [0.25, 0.3) is 0 Å². The highest BCUT2D eigenvalue weighted by atomic mass is 32.2. The number of carbonyl (C=O) groups is 1. The molecule has 9 heteroatoms. The zero-order chi connectivity index (χ0) is 20.2. The van der Waals surface area contributed by atoms with Crippen molar-refractivity contribution >= 4 is 34.1 Å². The van der Waals surface area contributed by atoms with E-state index in [4.69, 9.17) is 9.47 Å². The molecule has 0 bridgehead atoms. The summed E-state index contributed by atoms with van der Waals surface area (Å²) in [5, 5.41) is 15.6. The van der Waals surface area contributed by atoms with Crippen LogP contribution in [0.25, 0.3) is 0 Å². The fourth-order valence-electron chi connectivity index (χ4n) is 3.08. The minimum absolute atomic E-state index is 0.0206. The number of aromatic nitrogens is 2. The molecule has 1 amide bonds. The lowest BCUT2D eigenvalue weighted by molar-refractivity contribution is -0.119. The van der Waals surface area contributed by atoms with Crippen molar-refractivity contribution in [3.05, 3.63) is 23.8 Å². The van der Waals surface area contributed by atoms with E-state index in [2.05, 4.69) is 34.7 Å². The molecule has 1 aromatic heterocycles. The molecule has 7 nitrogen and oxygen atoms in total. The Kier molecular flexibility index (Phi) is 6.44. The van der Waals surface area contributed by atoms with Crippen molar-refractivity contribution in [2.75, 3.05) is 24.3 Å². The quantitative estimate of drug-likeness (QED) is 0.610. The summed E-state index contributed by atoms with van der Waals surface area (Å²) in [6.45, 7) is 5.51. The zero-order valence-corrected chi connectivity index (χ0v) is 18.3. The van der Waals surface area contributed by atoms with Crippen LogP contribution in [0.3, 0.4) is 0 Å². The number of nitrogens with zero attached hydrogens (tertiary/aromatic N) is 2. The van der Waals surface area contributed by atoms with E-state index in [-0.39, 0.29) is 17.9 Å². The minimum Gasteiger partial charge on any atom is -0.490 e. The molecule has 156 valence electrons. The summed E-state index contributed by atoms with van der Waals surface area (Å²) in [4.78, 5) is 12.6. The summed E-state index contributed by atoms with van der Waals surface area (Å²) in [5.41, 5.74) is 1.02. The normalized spacial score (nSPS) is 16.9. The molecule has 2 N–H and O–H groups in total. The van der Waals surface area contributed by atoms with Crippen molar-refractivity contribution in [2.45, 2.75) is 49.5 Å². The summed E-state index contributed by atoms with van der Waals surface area (Å²) >= 11 is 2.92. The third-order valence-corrected chi connectivity index (χ3v) is 6.74. The number of benzene rings is 1. The Morgan fingerprint density at radius 2 is 2.03 bits per heavy atom. The van der Waals surface area contributed by atoms with E-state index in [1.54, 1.807) is 0 Å². The number of fused-ring (bicyclic) bond motifs is 1. The number of rotatable bonds is 8. The lowest BCUT2D eigenvalue weighted by Crippen LogP contribution is -2.33. The Labute approximate surface area is 179 Å². The Morgan fingerprint density at radius 1 is 1.24 bits per heavy atom. The number of anilines is 1. The second-order valence-corrected chi connectivity index (χ2v) is 9.83. The molecule has 2 aromatic rings. The largest absolute Gasteiger partial charge is 0.490 e. The topological polar surface area (TPSA) is 85.4 Å². The van der Waals surface area contributed by atoms with Gasteiger partial charge in [-0.1, -0.05) is 43.0 Å². The van der Waals surface area contributed by atoms with Gasteiger partial charge >= 0.3 is 0 Å². The first-order valence-electron chi connectivity index (χ1n) is 10.0. The van der Waals surface area contributed by atoms with Crippen molar-refractivity contribution < 1.29 is 14.3 Å². The average molecular weight is 435 g/mol. The molecular weight excluding hydrogens is 408 g/mol. The van der Waals surface area contributed by atoms with Crippen LogP contribution in [0.1, 0.15) is 44.7 Å². The van der Waals surface area contributed by atoms with Crippen molar-refractivity contribution in [2.24, 2.45) is 5.92 Å². The average Bonchev–Trinajstić information content (AvgIpc) is 3.45. The smallest absolute Gasteiger partial charge is 0.230 e. The number of carbonyl (C=O) groups excluding carboxylic acids is 1. The van der Waals surface area contributed by atoms with Crippen LogP contribution in [-0.2, 0) is 4.79 Å². The lowest BCUT2D eigenvalue weighted by Gasteiger charge is -2.23. The van der Waals surface area contributed by atoms with Crippen LogP contribution in [0.5, 0.6) is 11.5 Å². The monoisotopic (exact) mass is 434 g/mol. The third kappa shape index (κ3) is 5.54. The van der Waals surface area contributed by atoms with E-state index in [1.165, 1.54) is 35.9 Å². The van der Waals surface area contributed by atoms with Crippen LogP contribution in [0.15, 0.2) is 22.5 Å². The van der Waals surface area contributed by atoms with Crippen molar-refractivity contribution in [1.29, 1.82) is 0 Å². The molecule has 4 rings (SSSR count). The first-order valence-corrected chi connectivity index (χ1v) is 11.8. The fraction of sp³-hybridized carbons (Fsp3) is 0.550. The molecule has 0 radical (unpaired) electrons. The SMILES string of the molecule is CC(C)[C@H](NC(=O)CSc1nnc(NC2CC2)s1)c1ccc2c(c1)OCCCO2. The van der Waals surface area contributed by atoms with Crippen LogP contribution in [0.2, 0.25) is 0 Å². The second kappa shape index (κ2) is 9.21. The van der Waals surface area contributed by atoms with Gasteiger partial charge in [0.15, 0.2) is 15.8 Å². The maximum absolute atomic E-state index is 12.6. The zero-order valence-electron chi connectivity index (χ0n) is 16.6. The molecule has 2 heterocycles. The number of hydrogen-bond donors (Lipinski definition) is 2.